The van der Waals surface area contributed by atoms with Crippen molar-refractivity contribution in [2.75, 3.05) is 46.6 Å². The minimum atomic E-state index is -3.52. The molecule has 0 atom stereocenters. The van der Waals surface area contributed by atoms with Crippen molar-refractivity contribution in [3.63, 3.8) is 0 Å². The summed E-state index contributed by atoms with van der Waals surface area (Å²) in [6, 6.07) is 13.1. The number of hydrogen-bond acceptors (Lipinski definition) is 6. The number of nitrogens with zero attached hydrogens (tertiary/aromatic N) is 1. The molecule has 0 unspecified atom stereocenters. The van der Waals surface area contributed by atoms with Gasteiger partial charge in [-0.1, -0.05) is 0 Å². The Hall–Kier alpha value is -2.62. The molecule has 9 heteroatoms. The second-order valence-electron chi connectivity index (χ2n) is 6.32. The number of sulfonamides is 1. The van der Waals surface area contributed by atoms with Gasteiger partial charge in [0, 0.05) is 18.7 Å². The summed E-state index contributed by atoms with van der Waals surface area (Å²) in [6.07, 6.45) is 0. The van der Waals surface area contributed by atoms with E-state index in [9.17, 15) is 13.2 Å². The number of hydrogen-bond donors (Lipinski definition) is 1. The molecule has 2 aromatic rings. The number of nitrogens with one attached hydrogen (secondary N) is 1. The molecule has 0 saturated carbocycles. The van der Waals surface area contributed by atoms with Crippen LogP contribution >= 0.6 is 0 Å². The molecule has 1 N–H and O–H groups in total. The highest BCUT2D eigenvalue weighted by Crippen LogP contribution is 2.20. The Morgan fingerprint density at radius 2 is 1.66 bits per heavy atom. The van der Waals surface area contributed by atoms with Crippen LogP contribution in [0, 0.1) is 0 Å². The van der Waals surface area contributed by atoms with E-state index in [0.29, 0.717) is 49.9 Å². The lowest BCUT2D eigenvalue weighted by Crippen LogP contribution is -2.40. The number of benzene rings is 2. The quantitative estimate of drug-likeness (QED) is 0.651. The Bertz CT molecular complexity index is 907. The van der Waals surface area contributed by atoms with Crippen molar-refractivity contribution < 1.29 is 27.4 Å². The predicted octanol–water partition coefficient (Wildman–Crippen LogP) is 1.52. The second kappa shape index (κ2) is 9.73. The van der Waals surface area contributed by atoms with Gasteiger partial charge in [0.1, 0.15) is 18.1 Å². The summed E-state index contributed by atoms with van der Waals surface area (Å²) in [5.41, 5.74) is 0.531. The fourth-order valence-corrected chi connectivity index (χ4v) is 4.23. The molecular weight excluding hydrogens is 396 g/mol. The third-order valence-corrected chi connectivity index (χ3v) is 6.35. The molecular formula is C20H24N2O6S. The lowest BCUT2D eigenvalue weighted by molar-refractivity contribution is 0.0730. The molecule has 0 aliphatic carbocycles. The van der Waals surface area contributed by atoms with Gasteiger partial charge in [-0.05, 0) is 48.5 Å². The summed E-state index contributed by atoms with van der Waals surface area (Å²) in [5, 5.41) is 2.77. The van der Waals surface area contributed by atoms with Gasteiger partial charge in [-0.15, -0.1) is 0 Å². The minimum Gasteiger partial charge on any atom is -0.497 e. The first-order valence-electron chi connectivity index (χ1n) is 9.24. The van der Waals surface area contributed by atoms with Gasteiger partial charge in [0.15, 0.2) is 0 Å². The topological polar surface area (TPSA) is 94.2 Å². The summed E-state index contributed by atoms with van der Waals surface area (Å²) < 4.78 is 42.4. The summed E-state index contributed by atoms with van der Waals surface area (Å²) >= 11 is 0. The monoisotopic (exact) mass is 420 g/mol. The largest absolute Gasteiger partial charge is 0.497 e. The maximum atomic E-state index is 12.6. The third kappa shape index (κ3) is 5.47. The minimum absolute atomic E-state index is 0.205. The number of morpholine rings is 1. The van der Waals surface area contributed by atoms with Crippen LogP contribution in [-0.2, 0) is 14.8 Å². The molecule has 1 fully saturated rings. The van der Waals surface area contributed by atoms with Crippen LogP contribution in [0.4, 0.5) is 0 Å². The van der Waals surface area contributed by atoms with Gasteiger partial charge in [-0.25, -0.2) is 8.42 Å². The summed E-state index contributed by atoms with van der Waals surface area (Å²) in [6.45, 7) is 2.10. The molecule has 0 radical (unpaired) electrons. The fraction of sp³-hybridized carbons (Fsp3) is 0.350. The van der Waals surface area contributed by atoms with E-state index in [1.54, 1.807) is 43.5 Å². The van der Waals surface area contributed by atoms with E-state index < -0.39 is 10.0 Å². The van der Waals surface area contributed by atoms with Crippen LogP contribution in [0.15, 0.2) is 53.4 Å². The molecule has 8 nitrogen and oxygen atoms in total. The first-order valence-corrected chi connectivity index (χ1v) is 10.7. The van der Waals surface area contributed by atoms with Crippen LogP contribution in [0.1, 0.15) is 10.4 Å². The summed E-state index contributed by atoms with van der Waals surface area (Å²) in [4.78, 5) is 12.3. The molecule has 1 amide bonds. The maximum Gasteiger partial charge on any atom is 0.251 e. The lowest BCUT2D eigenvalue weighted by Gasteiger charge is -2.26. The van der Waals surface area contributed by atoms with E-state index in [4.69, 9.17) is 14.2 Å². The highest BCUT2D eigenvalue weighted by molar-refractivity contribution is 7.89. The van der Waals surface area contributed by atoms with Crippen molar-refractivity contribution in [2.45, 2.75) is 4.90 Å². The smallest absolute Gasteiger partial charge is 0.251 e. The third-order valence-electron chi connectivity index (χ3n) is 4.44. The van der Waals surface area contributed by atoms with Crippen molar-refractivity contribution >= 4 is 15.9 Å². The van der Waals surface area contributed by atoms with Crippen LogP contribution in [0.2, 0.25) is 0 Å². The van der Waals surface area contributed by atoms with Crippen molar-refractivity contribution in [1.82, 2.24) is 9.62 Å². The molecule has 29 heavy (non-hydrogen) atoms. The van der Waals surface area contributed by atoms with Gasteiger partial charge < -0.3 is 19.5 Å². The number of amides is 1. The molecule has 2 aromatic carbocycles. The van der Waals surface area contributed by atoms with E-state index in [0.717, 1.165) is 0 Å². The SMILES string of the molecule is COc1ccc(C(=O)NCCOc2ccc(S(=O)(=O)N3CCOCC3)cc2)cc1. The zero-order valence-electron chi connectivity index (χ0n) is 16.2. The molecule has 1 aliphatic rings. The van der Waals surface area contributed by atoms with Gasteiger partial charge >= 0.3 is 0 Å². The van der Waals surface area contributed by atoms with Crippen LogP contribution in [0.3, 0.4) is 0 Å². The van der Waals surface area contributed by atoms with Crippen LogP contribution in [0.25, 0.3) is 0 Å². The molecule has 0 bridgehead atoms. The van der Waals surface area contributed by atoms with Crippen molar-refractivity contribution in [1.29, 1.82) is 0 Å². The van der Waals surface area contributed by atoms with Crippen LogP contribution in [-0.4, -0.2) is 65.2 Å². The first-order chi connectivity index (χ1) is 14.0. The van der Waals surface area contributed by atoms with E-state index in [1.807, 2.05) is 0 Å². The molecule has 1 heterocycles. The molecule has 1 aliphatic heterocycles. The van der Waals surface area contributed by atoms with Crippen molar-refractivity contribution in [3.8, 4) is 11.5 Å². The number of methoxy groups -OCH3 is 1. The molecule has 1 saturated heterocycles. The standard InChI is InChI=1S/C20H24N2O6S/c1-26-17-4-2-16(3-5-17)20(23)21-10-13-28-18-6-8-19(9-7-18)29(24,25)22-11-14-27-15-12-22/h2-9H,10-15H2,1H3,(H,21,23). The Morgan fingerprint density at radius 1 is 1.03 bits per heavy atom. The molecule has 156 valence electrons. The molecule has 0 spiro atoms. The lowest BCUT2D eigenvalue weighted by atomic mass is 10.2. The average Bonchev–Trinajstić information content (AvgIpc) is 2.77. The summed E-state index contributed by atoms with van der Waals surface area (Å²) in [7, 11) is -1.95. The number of carbonyl (C=O) groups is 1. The zero-order valence-corrected chi connectivity index (χ0v) is 17.0. The Labute approximate surface area is 170 Å². The highest BCUT2D eigenvalue weighted by Gasteiger charge is 2.26. The van der Waals surface area contributed by atoms with E-state index >= 15 is 0 Å². The predicted molar refractivity (Wildman–Crippen MR) is 107 cm³/mol. The van der Waals surface area contributed by atoms with Crippen molar-refractivity contribution in [2.24, 2.45) is 0 Å². The van der Waals surface area contributed by atoms with Gasteiger partial charge in [0.05, 0.1) is 31.8 Å². The second-order valence-corrected chi connectivity index (χ2v) is 8.26. The van der Waals surface area contributed by atoms with Gasteiger partial charge in [-0.3, -0.25) is 4.79 Å². The van der Waals surface area contributed by atoms with E-state index in [2.05, 4.69) is 5.32 Å². The zero-order chi connectivity index (χ0) is 20.7. The number of carbonyl (C=O) groups excluding carboxylic acids is 1. The van der Waals surface area contributed by atoms with Crippen LogP contribution < -0.4 is 14.8 Å². The Morgan fingerprint density at radius 3 is 2.28 bits per heavy atom. The molecule has 3 rings (SSSR count). The number of ether oxygens (including phenoxy) is 3. The Balaban J connectivity index is 1.47. The highest BCUT2D eigenvalue weighted by atomic mass is 32.2. The molecule has 0 aromatic heterocycles. The van der Waals surface area contributed by atoms with Gasteiger partial charge in [0.2, 0.25) is 10.0 Å². The van der Waals surface area contributed by atoms with E-state index in [1.165, 1.54) is 16.4 Å². The van der Waals surface area contributed by atoms with E-state index in [-0.39, 0.29) is 17.4 Å². The average molecular weight is 420 g/mol. The Kier molecular flexibility index (Phi) is 7.08. The van der Waals surface area contributed by atoms with Gasteiger partial charge in [0.25, 0.3) is 5.91 Å². The van der Waals surface area contributed by atoms with Gasteiger partial charge in [-0.2, -0.15) is 4.31 Å². The maximum absolute atomic E-state index is 12.6. The summed E-state index contributed by atoms with van der Waals surface area (Å²) in [5.74, 6) is 1.01. The van der Waals surface area contributed by atoms with Crippen LogP contribution in [0.5, 0.6) is 11.5 Å². The first kappa shape index (κ1) is 21.1. The van der Waals surface area contributed by atoms with Crippen molar-refractivity contribution in [3.05, 3.63) is 54.1 Å². The number of rotatable bonds is 8. The normalized spacial score (nSPS) is 14.9. The fourth-order valence-electron chi connectivity index (χ4n) is 2.82.